The van der Waals surface area contributed by atoms with Crippen molar-refractivity contribution in [2.24, 2.45) is 11.7 Å². The van der Waals surface area contributed by atoms with Gasteiger partial charge in [0, 0.05) is 17.1 Å². The predicted molar refractivity (Wildman–Crippen MR) is 64.8 cm³/mol. The van der Waals surface area contributed by atoms with Crippen molar-refractivity contribution in [2.45, 2.75) is 19.8 Å². The zero-order chi connectivity index (χ0) is 10.7. The van der Waals surface area contributed by atoms with E-state index >= 15 is 0 Å². The molecule has 2 nitrogen and oxygen atoms in total. The average molecular weight is 202 g/mol. The van der Waals surface area contributed by atoms with Crippen molar-refractivity contribution in [2.75, 3.05) is 6.54 Å². The van der Waals surface area contributed by atoms with E-state index < -0.39 is 0 Å². The molecule has 0 fully saturated rings. The van der Waals surface area contributed by atoms with E-state index in [0.717, 1.165) is 19.4 Å². The highest BCUT2D eigenvalue weighted by Crippen LogP contribution is 2.21. The minimum atomic E-state index is 0.601. The van der Waals surface area contributed by atoms with Crippen molar-refractivity contribution in [3.05, 3.63) is 36.0 Å². The number of aromatic amines is 1. The van der Waals surface area contributed by atoms with E-state index in [1.54, 1.807) is 0 Å². The van der Waals surface area contributed by atoms with Gasteiger partial charge in [-0.25, -0.2) is 0 Å². The standard InChI is InChI=1S/C13H18N2/c1-2-10(8-14)7-11-9-15-13-6-4-3-5-12(11)13/h3-6,9-10,15H,2,7-8,14H2,1H3. The second-order valence-corrected chi connectivity index (χ2v) is 4.07. The number of para-hydroxylation sites is 1. The molecule has 1 unspecified atom stereocenters. The van der Waals surface area contributed by atoms with Gasteiger partial charge in [-0.2, -0.15) is 0 Å². The van der Waals surface area contributed by atoms with Crippen molar-refractivity contribution >= 4 is 10.9 Å². The fraction of sp³-hybridized carbons (Fsp3) is 0.385. The van der Waals surface area contributed by atoms with Gasteiger partial charge in [0.15, 0.2) is 0 Å². The normalized spacial score (nSPS) is 13.2. The largest absolute Gasteiger partial charge is 0.361 e. The Morgan fingerprint density at radius 2 is 2.13 bits per heavy atom. The lowest BCUT2D eigenvalue weighted by Crippen LogP contribution is -2.15. The molecule has 0 bridgehead atoms. The van der Waals surface area contributed by atoms with Gasteiger partial charge in [-0.1, -0.05) is 31.5 Å². The Balaban J connectivity index is 2.28. The molecule has 0 aliphatic carbocycles. The van der Waals surface area contributed by atoms with Gasteiger partial charge < -0.3 is 10.7 Å². The lowest BCUT2D eigenvalue weighted by atomic mass is 9.97. The minimum Gasteiger partial charge on any atom is -0.361 e. The van der Waals surface area contributed by atoms with Crippen molar-refractivity contribution < 1.29 is 0 Å². The number of nitrogens with one attached hydrogen (secondary N) is 1. The first-order chi connectivity index (χ1) is 7.35. The van der Waals surface area contributed by atoms with E-state index in [2.05, 4.69) is 42.4 Å². The van der Waals surface area contributed by atoms with Crippen LogP contribution in [-0.2, 0) is 6.42 Å². The Morgan fingerprint density at radius 3 is 2.87 bits per heavy atom. The van der Waals surface area contributed by atoms with Gasteiger partial charge in [0.05, 0.1) is 0 Å². The van der Waals surface area contributed by atoms with Gasteiger partial charge in [-0.3, -0.25) is 0 Å². The van der Waals surface area contributed by atoms with E-state index in [0.29, 0.717) is 5.92 Å². The first kappa shape index (κ1) is 10.2. The van der Waals surface area contributed by atoms with Crippen molar-refractivity contribution in [3.8, 4) is 0 Å². The molecule has 0 radical (unpaired) electrons. The number of fused-ring (bicyclic) bond motifs is 1. The summed E-state index contributed by atoms with van der Waals surface area (Å²) in [5.41, 5.74) is 8.35. The van der Waals surface area contributed by atoms with Gasteiger partial charge >= 0.3 is 0 Å². The van der Waals surface area contributed by atoms with E-state index in [1.165, 1.54) is 16.5 Å². The van der Waals surface area contributed by atoms with Gasteiger partial charge in [0.2, 0.25) is 0 Å². The maximum absolute atomic E-state index is 5.73. The third-order valence-corrected chi connectivity index (χ3v) is 3.09. The Labute approximate surface area is 90.5 Å². The molecule has 0 saturated heterocycles. The molecule has 2 aromatic rings. The lowest BCUT2D eigenvalue weighted by molar-refractivity contribution is 0.520. The first-order valence-electron chi connectivity index (χ1n) is 5.60. The number of aromatic nitrogens is 1. The third kappa shape index (κ3) is 2.05. The van der Waals surface area contributed by atoms with Crippen LogP contribution in [-0.4, -0.2) is 11.5 Å². The van der Waals surface area contributed by atoms with Crippen molar-refractivity contribution in [3.63, 3.8) is 0 Å². The van der Waals surface area contributed by atoms with Crippen LogP contribution in [0.2, 0.25) is 0 Å². The summed E-state index contributed by atoms with van der Waals surface area (Å²) in [7, 11) is 0. The van der Waals surface area contributed by atoms with Crippen molar-refractivity contribution in [1.82, 2.24) is 4.98 Å². The summed E-state index contributed by atoms with van der Waals surface area (Å²) in [5.74, 6) is 0.601. The molecular formula is C13H18N2. The van der Waals surface area contributed by atoms with Crippen LogP contribution in [0.5, 0.6) is 0 Å². The van der Waals surface area contributed by atoms with Gasteiger partial charge in [0.1, 0.15) is 0 Å². The summed E-state index contributed by atoms with van der Waals surface area (Å²) < 4.78 is 0. The lowest BCUT2D eigenvalue weighted by Gasteiger charge is -2.10. The molecule has 0 saturated carbocycles. The van der Waals surface area contributed by atoms with Crippen LogP contribution in [0.1, 0.15) is 18.9 Å². The van der Waals surface area contributed by atoms with Gasteiger partial charge in [0.25, 0.3) is 0 Å². The SMILES string of the molecule is CCC(CN)Cc1c[nH]c2ccccc12. The monoisotopic (exact) mass is 202 g/mol. The van der Waals surface area contributed by atoms with Gasteiger partial charge in [-0.15, -0.1) is 0 Å². The Kier molecular flexibility index (Phi) is 3.07. The summed E-state index contributed by atoms with van der Waals surface area (Å²) in [6, 6.07) is 8.43. The fourth-order valence-electron chi connectivity index (χ4n) is 2.01. The molecule has 0 amide bonds. The second-order valence-electron chi connectivity index (χ2n) is 4.07. The molecular weight excluding hydrogens is 184 g/mol. The molecule has 1 heterocycles. The fourth-order valence-corrected chi connectivity index (χ4v) is 2.01. The molecule has 1 aromatic carbocycles. The number of rotatable bonds is 4. The summed E-state index contributed by atoms with van der Waals surface area (Å²) in [6.45, 7) is 2.97. The number of hydrogen-bond donors (Lipinski definition) is 2. The van der Waals surface area contributed by atoms with E-state index in [1.807, 2.05) is 0 Å². The zero-order valence-electron chi connectivity index (χ0n) is 9.16. The zero-order valence-corrected chi connectivity index (χ0v) is 9.16. The maximum Gasteiger partial charge on any atom is 0.0456 e. The van der Waals surface area contributed by atoms with E-state index in [4.69, 9.17) is 5.73 Å². The number of hydrogen-bond acceptors (Lipinski definition) is 1. The molecule has 3 N–H and O–H groups in total. The molecule has 1 atom stereocenters. The summed E-state index contributed by atoms with van der Waals surface area (Å²) in [6.07, 6.45) is 4.34. The van der Waals surface area contributed by atoms with Crippen LogP contribution >= 0.6 is 0 Å². The molecule has 0 aliphatic rings. The summed E-state index contributed by atoms with van der Waals surface area (Å²) in [5, 5.41) is 1.34. The number of nitrogens with two attached hydrogens (primary N) is 1. The molecule has 2 rings (SSSR count). The topological polar surface area (TPSA) is 41.8 Å². The predicted octanol–water partition coefficient (Wildman–Crippen LogP) is 2.70. The van der Waals surface area contributed by atoms with Crippen LogP contribution in [0.3, 0.4) is 0 Å². The minimum absolute atomic E-state index is 0.601. The molecule has 0 aliphatic heterocycles. The quantitative estimate of drug-likeness (QED) is 0.786. The van der Waals surface area contributed by atoms with Crippen LogP contribution in [0.4, 0.5) is 0 Å². The van der Waals surface area contributed by atoms with E-state index in [-0.39, 0.29) is 0 Å². The molecule has 80 valence electrons. The highest BCUT2D eigenvalue weighted by Gasteiger charge is 2.08. The molecule has 0 spiro atoms. The Hall–Kier alpha value is -1.28. The Bertz CT molecular complexity index is 427. The maximum atomic E-state index is 5.73. The highest BCUT2D eigenvalue weighted by molar-refractivity contribution is 5.83. The van der Waals surface area contributed by atoms with Crippen LogP contribution in [0.15, 0.2) is 30.5 Å². The summed E-state index contributed by atoms with van der Waals surface area (Å²) in [4.78, 5) is 3.30. The first-order valence-corrected chi connectivity index (χ1v) is 5.60. The summed E-state index contributed by atoms with van der Waals surface area (Å²) >= 11 is 0. The molecule has 15 heavy (non-hydrogen) atoms. The highest BCUT2D eigenvalue weighted by atomic mass is 14.7. The number of benzene rings is 1. The third-order valence-electron chi connectivity index (χ3n) is 3.09. The van der Waals surface area contributed by atoms with Crippen LogP contribution < -0.4 is 5.73 Å². The van der Waals surface area contributed by atoms with Gasteiger partial charge in [-0.05, 0) is 30.5 Å². The second kappa shape index (κ2) is 4.49. The van der Waals surface area contributed by atoms with E-state index in [9.17, 15) is 0 Å². The molecule has 1 aromatic heterocycles. The smallest absolute Gasteiger partial charge is 0.0456 e. The molecule has 2 heteroatoms. The Morgan fingerprint density at radius 1 is 1.33 bits per heavy atom. The average Bonchev–Trinajstić information content (AvgIpc) is 2.69. The van der Waals surface area contributed by atoms with Crippen molar-refractivity contribution in [1.29, 1.82) is 0 Å². The number of H-pyrrole nitrogens is 1. The van der Waals surface area contributed by atoms with Crippen LogP contribution in [0, 0.1) is 5.92 Å². The van der Waals surface area contributed by atoms with Crippen LogP contribution in [0.25, 0.3) is 10.9 Å².